The van der Waals surface area contributed by atoms with Crippen LogP contribution in [0.4, 0.5) is 23.1 Å². The molecule has 7 nitrogen and oxygen atoms in total. The molecule has 1 aromatic carbocycles. The summed E-state index contributed by atoms with van der Waals surface area (Å²) in [6.45, 7) is 3.77. The minimum atomic E-state index is 0.0622. The van der Waals surface area contributed by atoms with E-state index in [9.17, 15) is 0 Å². The average Bonchev–Trinajstić information content (AvgIpc) is 2.58. The molecule has 0 aliphatic rings. The molecule has 3 rings (SSSR count). The van der Waals surface area contributed by atoms with Crippen LogP contribution in [0.3, 0.4) is 0 Å². The van der Waals surface area contributed by atoms with Crippen LogP contribution in [0.5, 0.6) is 0 Å². The van der Waals surface area contributed by atoms with Gasteiger partial charge in [-0.2, -0.15) is 4.98 Å². The minimum Gasteiger partial charge on any atom is -0.340 e. The van der Waals surface area contributed by atoms with Crippen LogP contribution in [0.2, 0.25) is 5.02 Å². The highest BCUT2D eigenvalue weighted by Crippen LogP contribution is 2.20. The highest BCUT2D eigenvalue weighted by Gasteiger charge is 2.06. The Morgan fingerprint density at radius 1 is 0.962 bits per heavy atom. The summed E-state index contributed by atoms with van der Waals surface area (Å²) < 4.78 is 0. The van der Waals surface area contributed by atoms with Crippen molar-refractivity contribution in [3.05, 3.63) is 65.1 Å². The standard InChI is InChI=1S/C18H18ClN7/c1-11-9-14(3-4-15(11)19)24-17(20)26-18-22-12(2)10-16(25-18)23-13-5-7-21-8-6-13/h3-10H,1-2H3,(H4,20,21,22,23,24,25,26). The summed E-state index contributed by atoms with van der Waals surface area (Å²) in [4.78, 5) is 12.7. The number of hydrogen-bond acceptors (Lipinski definition) is 5. The Morgan fingerprint density at radius 2 is 1.73 bits per heavy atom. The van der Waals surface area contributed by atoms with Crippen molar-refractivity contribution in [2.75, 3.05) is 16.0 Å². The van der Waals surface area contributed by atoms with E-state index in [1.807, 2.05) is 38.1 Å². The van der Waals surface area contributed by atoms with Gasteiger partial charge in [-0.1, -0.05) is 11.6 Å². The highest BCUT2D eigenvalue weighted by atomic mass is 35.5. The Bertz CT molecular complexity index is 928. The van der Waals surface area contributed by atoms with E-state index in [1.54, 1.807) is 24.5 Å². The van der Waals surface area contributed by atoms with Crippen molar-refractivity contribution in [1.82, 2.24) is 15.0 Å². The fourth-order valence-corrected chi connectivity index (χ4v) is 2.40. The van der Waals surface area contributed by atoms with Crippen molar-refractivity contribution in [1.29, 1.82) is 5.41 Å². The molecule has 0 saturated carbocycles. The SMILES string of the molecule is Cc1cc(Nc2ccncc2)nc(NC(=N)Nc2ccc(Cl)c(C)c2)n1. The molecule has 26 heavy (non-hydrogen) atoms. The molecule has 0 spiro atoms. The lowest BCUT2D eigenvalue weighted by atomic mass is 10.2. The summed E-state index contributed by atoms with van der Waals surface area (Å²) in [6.07, 6.45) is 3.40. The maximum Gasteiger partial charge on any atom is 0.231 e. The van der Waals surface area contributed by atoms with Crippen LogP contribution in [-0.4, -0.2) is 20.9 Å². The van der Waals surface area contributed by atoms with Gasteiger partial charge in [0.2, 0.25) is 5.95 Å². The fourth-order valence-electron chi connectivity index (χ4n) is 2.28. The fraction of sp³-hybridized carbons (Fsp3) is 0.111. The third-order valence-corrected chi connectivity index (χ3v) is 3.90. The Kier molecular flexibility index (Phi) is 5.28. The van der Waals surface area contributed by atoms with Crippen molar-refractivity contribution in [3.8, 4) is 0 Å². The molecule has 2 aromatic heterocycles. The summed E-state index contributed by atoms with van der Waals surface area (Å²) in [5.74, 6) is 1.01. The van der Waals surface area contributed by atoms with E-state index in [4.69, 9.17) is 17.0 Å². The van der Waals surface area contributed by atoms with Gasteiger partial charge in [0, 0.05) is 40.6 Å². The second kappa shape index (κ2) is 7.79. The van der Waals surface area contributed by atoms with Crippen molar-refractivity contribution >= 4 is 40.7 Å². The van der Waals surface area contributed by atoms with Crippen molar-refractivity contribution in [2.24, 2.45) is 0 Å². The Balaban J connectivity index is 1.70. The van der Waals surface area contributed by atoms with Gasteiger partial charge in [0.1, 0.15) is 5.82 Å². The Morgan fingerprint density at radius 3 is 2.46 bits per heavy atom. The van der Waals surface area contributed by atoms with Crippen LogP contribution in [0.15, 0.2) is 48.8 Å². The molecule has 132 valence electrons. The number of anilines is 4. The van der Waals surface area contributed by atoms with Gasteiger partial charge in [-0.25, -0.2) is 4.98 Å². The summed E-state index contributed by atoms with van der Waals surface area (Å²) >= 11 is 6.02. The van der Waals surface area contributed by atoms with Gasteiger partial charge in [-0.05, 0) is 49.7 Å². The molecule has 8 heteroatoms. The molecular weight excluding hydrogens is 350 g/mol. The van der Waals surface area contributed by atoms with Crippen molar-refractivity contribution < 1.29 is 0 Å². The van der Waals surface area contributed by atoms with E-state index in [1.165, 1.54) is 0 Å². The number of aromatic nitrogens is 3. The van der Waals surface area contributed by atoms with E-state index >= 15 is 0 Å². The number of guanidine groups is 1. The number of hydrogen-bond donors (Lipinski definition) is 4. The maximum absolute atomic E-state index is 8.09. The van der Waals surface area contributed by atoms with E-state index in [0.717, 1.165) is 22.6 Å². The second-order valence-electron chi connectivity index (χ2n) is 5.67. The first-order chi connectivity index (χ1) is 12.5. The maximum atomic E-state index is 8.09. The molecule has 0 aliphatic carbocycles. The molecule has 0 aliphatic heterocycles. The number of aryl methyl sites for hydroxylation is 2. The first kappa shape index (κ1) is 17.6. The third kappa shape index (κ3) is 4.67. The van der Waals surface area contributed by atoms with E-state index in [0.29, 0.717) is 16.8 Å². The van der Waals surface area contributed by atoms with Crippen LogP contribution in [0.1, 0.15) is 11.3 Å². The smallest absolute Gasteiger partial charge is 0.231 e. The quantitative estimate of drug-likeness (QED) is 0.404. The molecular formula is C18H18ClN7. The lowest BCUT2D eigenvalue weighted by Crippen LogP contribution is -2.22. The van der Waals surface area contributed by atoms with Gasteiger partial charge < -0.3 is 10.6 Å². The lowest BCUT2D eigenvalue weighted by Gasteiger charge is -2.12. The number of benzene rings is 1. The molecule has 0 bridgehead atoms. The number of nitrogens with zero attached hydrogens (tertiary/aromatic N) is 3. The zero-order chi connectivity index (χ0) is 18.5. The number of rotatable bonds is 4. The Labute approximate surface area is 156 Å². The zero-order valence-electron chi connectivity index (χ0n) is 14.3. The monoisotopic (exact) mass is 367 g/mol. The number of halogens is 1. The van der Waals surface area contributed by atoms with E-state index < -0.39 is 0 Å². The van der Waals surface area contributed by atoms with Gasteiger partial charge in [-0.3, -0.25) is 15.7 Å². The lowest BCUT2D eigenvalue weighted by molar-refractivity contribution is 1.11. The number of nitrogens with one attached hydrogen (secondary N) is 4. The second-order valence-corrected chi connectivity index (χ2v) is 6.08. The molecule has 2 heterocycles. The first-order valence-corrected chi connectivity index (χ1v) is 8.29. The van der Waals surface area contributed by atoms with Crippen LogP contribution in [0.25, 0.3) is 0 Å². The topological polar surface area (TPSA) is 98.6 Å². The van der Waals surface area contributed by atoms with E-state index in [2.05, 4.69) is 30.9 Å². The van der Waals surface area contributed by atoms with E-state index in [-0.39, 0.29) is 5.96 Å². The minimum absolute atomic E-state index is 0.0622. The van der Waals surface area contributed by atoms with Gasteiger partial charge in [0.05, 0.1) is 0 Å². The van der Waals surface area contributed by atoms with Crippen LogP contribution >= 0.6 is 11.6 Å². The molecule has 0 fully saturated rings. The predicted molar refractivity (Wildman–Crippen MR) is 105 cm³/mol. The highest BCUT2D eigenvalue weighted by molar-refractivity contribution is 6.31. The summed E-state index contributed by atoms with van der Waals surface area (Å²) in [5, 5.41) is 17.8. The molecule has 0 unspecified atom stereocenters. The Hall–Kier alpha value is -3.19. The van der Waals surface area contributed by atoms with Crippen molar-refractivity contribution in [2.45, 2.75) is 13.8 Å². The molecule has 0 radical (unpaired) electrons. The van der Waals surface area contributed by atoms with Gasteiger partial charge in [0.25, 0.3) is 0 Å². The van der Waals surface area contributed by atoms with Crippen LogP contribution in [-0.2, 0) is 0 Å². The zero-order valence-corrected chi connectivity index (χ0v) is 15.1. The van der Waals surface area contributed by atoms with Crippen LogP contribution in [0, 0.1) is 19.3 Å². The summed E-state index contributed by atoms with van der Waals surface area (Å²) in [7, 11) is 0. The summed E-state index contributed by atoms with van der Waals surface area (Å²) in [5.41, 5.74) is 3.33. The van der Waals surface area contributed by atoms with Crippen LogP contribution < -0.4 is 16.0 Å². The first-order valence-electron chi connectivity index (χ1n) is 7.91. The predicted octanol–water partition coefficient (Wildman–Crippen LogP) is 4.34. The molecule has 0 atom stereocenters. The molecule has 0 amide bonds. The summed E-state index contributed by atoms with van der Waals surface area (Å²) in [6, 6.07) is 11.0. The molecule has 4 N–H and O–H groups in total. The normalized spacial score (nSPS) is 10.3. The average molecular weight is 368 g/mol. The molecule has 3 aromatic rings. The van der Waals surface area contributed by atoms with Gasteiger partial charge >= 0.3 is 0 Å². The third-order valence-electron chi connectivity index (χ3n) is 3.47. The largest absolute Gasteiger partial charge is 0.340 e. The van der Waals surface area contributed by atoms with Crippen molar-refractivity contribution in [3.63, 3.8) is 0 Å². The molecule has 0 saturated heterocycles. The number of pyridine rings is 1. The van der Waals surface area contributed by atoms with Gasteiger partial charge in [-0.15, -0.1) is 0 Å². The van der Waals surface area contributed by atoms with Gasteiger partial charge in [0.15, 0.2) is 5.96 Å².